The van der Waals surface area contributed by atoms with E-state index in [4.69, 9.17) is 10.8 Å². The van der Waals surface area contributed by atoms with Gasteiger partial charge < -0.3 is 10.8 Å². The van der Waals surface area contributed by atoms with E-state index in [1.165, 1.54) is 45.1 Å². The Bertz CT molecular complexity index is 158. The molecular weight excluding hydrogens is 200 g/mol. The first-order valence-corrected chi connectivity index (χ1v) is 6.93. The highest BCUT2D eigenvalue weighted by atomic mass is 16.2. The van der Waals surface area contributed by atoms with E-state index in [2.05, 4.69) is 4.90 Å². The first-order valence-electron chi connectivity index (χ1n) is 6.93. The molecule has 1 aliphatic rings. The summed E-state index contributed by atoms with van der Waals surface area (Å²) in [4.78, 5) is 2.58. The van der Waals surface area contributed by atoms with E-state index in [9.17, 15) is 0 Å². The van der Waals surface area contributed by atoms with Crippen LogP contribution in [0.15, 0.2) is 0 Å². The Hall–Kier alpha value is -0.120. The molecule has 0 amide bonds. The SMILES string of the molecule is NCCN(CCCCCO)C1CCCCC1. The van der Waals surface area contributed by atoms with Crippen molar-refractivity contribution in [2.75, 3.05) is 26.2 Å². The van der Waals surface area contributed by atoms with Gasteiger partial charge in [-0.25, -0.2) is 0 Å². The topological polar surface area (TPSA) is 49.5 Å². The van der Waals surface area contributed by atoms with E-state index in [1.807, 2.05) is 0 Å². The van der Waals surface area contributed by atoms with Crippen molar-refractivity contribution in [3.05, 3.63) is 0 Å². The minimum atomic E-state index is 0.334. The normalized spacial score (nSPS) is 18.2. The van der Waals surface area contributed by atoms with E-state index in [1.54, 1.807) is 0 Å². The lowest BCUT2D eigenvalue weighted by molar-refractivity contribution is 0.155. The molecule has 3 N–H and O–H groups in total. The third-order valence-electron chi connectivity index (χ3n) is 3.61. The third-order valence-corrected chi connectivity index (χ3v) is 3.61. The van der Waals surface area contributed by atoms with Crippen LogP contribution in [0.1, 0.15) is 51.4 Å². The predicted molar refractivity (Wildman–Crippen MR) is 68.4 cm³/mol. The molecule has 0 aromatic rings. The van der Waals surface area contributed by atoms with Crippen molar-refractivity contribution in [1.29, 1.82) is 0 Å². The second-order valence-electron chi connectivity index (χ2n) is 4.90. The molecule has 0 radical (unpaired) electrons. The number of aliphatic hydroxyl groups excluding tert-OH is 1. The van der Waals surface area contributed by atoms with Crippen LogP contribution >= 0.6 is 0 Å². The Labute approximate surface area is 100 Å². The number of nitrogens with two attached hydrogens (primary N) is 1. The first kappa shape index (κ1) is 13.9. The molecule has 1 rings (SSSR count). The second-order valence-corrected chi connectivity index (χ2v) is 4.90. The lowest BCUT2D eigenvalue weighted by atomic mass is 9.94. The van der Waals surface area contributed by atoms with Crippen molar-refractivity contribution in [2.24, 2.45) is 5.73 Å². The molecule has 0 spiro atoms. The molecule has 0 heterocycles. The van der Waals surface area contributed by atoms with Crippen LogP contribution in [0.3, 0.4) is 0 Å². The molecule has 0 saturated heterocycles. The Morgan fingerprint density at radius 2 is 1.75 bits per heavy atom. The van der Waals surface area contributed by atoms with E-state index >= 15 is 0 Å². The summed E-state index contributed by atoms with van der Waals surface area (Å²) in [6.07, 6.45) is 10.2. The minimum Gasteiger partial charge on any atom is -0.396 e. The van der Waals surface area contributed by atoms with Crippen molar-refractivity contribution >= 4 is 0 Å². The van der Waals surface area contributed by atoms with Gasteiger partial charge in [0.1, 0.15) is 0 Å². The quantitative estimate of drug-likeness (QED) is 0.622. The highest BCUT2D eigenvalue weighted by molar-refractivity contribution is 4.76. The average molecular weight is 228 g/mol. The van der Waals surface area contributed by atoms with Crippen molar-refractivity contribution in [2.45, 2.75) is 57.4 Å². The van der Waals surface area contributed by atoms with Crippen molar-refractivity contribution in [1.82, 2.24) is 4.90 Å². The predicted octanol–water partition coefficient (Wildman–Crippen LogP) is 1.74. The van der Waals surface area contributed by atoms with Crippen molar-refractivity contribution in [3.8, 4) is 0 Å². The smallest absolute Gasteiger partial charge is 0.0431 e. The van der Waals surface area contributed by atoms with Gasteiger partial charge in [-0.3, -0.25) is 4.90 Å². The van der Waals surface area contributed by atoms with Gasteiger partial charge in [0.05, 0.1) is 0 Å². The van der Waals surface area contributed by atoms with Crippen LogP contribution in [0.2, 0.25) is 0 Å². The zero-order chi connectivity index (χ0) is 11.6. The molecule has 0 aromatic carbocycles. The number of rotatable bonds is 8. The lowest BCUT2D eigenvalue weighted by Gasteiger charge is -2.34. The molecule has 3 heteroatoms. The number of nitrogens with zero attached hydrogens (tertiary/aromatic N) is 1. The summed E-state index contributed by atoms with van der Waals surface area (Å²) in [5, 5.41) is 8.75. The standard InChI is InChI=1S/C13H28N2O/c14-9-11-15(10-5-2-6-12-16)13-7-3-1-4-8-13/h13,16H,1-12,14H2. The zero-order valence-corrected chi connectivity index (χ0v) is 10.5. The molecule has 0 aromatic heterocycles. The van der Waals surface area contributed by atoms with Gasteiger partial charge in [0, 0.05) is 25.7 Å². The lowest BCUT2D eigenvalue weighted by Crippen LogP contribution is -2.40. The van der Waals surface area contributed by atoms with Crippen LogP contribution < -0.4 is 5.73 Å². The fourth-order valence-electron chi connectivity index (χ4n) is 2.69. The van der Waals surface area contributed by atoms with Gasteiger partial charge in [0.25, 0.3) is 0 Å². The zero-order valence-electron chi connectivity index (χ0n) is 10.5. The Kier molecular flexibility index (Phi) is 7.81. The van der Waals surface area contributed by atoms with Crippen LogP contribution in [0, 0.1) is 0 Å². The molecule has 0 aliphatic heterocycles. The summed E-state index contributed by atoms with van der Waals surface area (Å²) in [6, 6.07) is 0.784. The Morgan fingerprint density at radius 1 is 1.00 bits per heavy atom. The van der Waals surface area contributed by atoms with Crippen LogP contribution in [0.4, 0.5) is 0 Å². The fourth-order valence-corrected chi connectivity index (χ4v) is 2.69. The number of unbranched alkanes of at least 4 members (excludes halogenated alkanes) is 2. The summed E-state index contributed by atoms with van der Waals surface area (Å²) in [5.74, 6) is 0. The molecular formula is C13H28N2O. The van der Waals surface area contributed by atoms with Crippen molar-refractivity contribution in [3.63, 3.8) is 0 Å². The maximum atomic E-state index is 8.75. The van der Waals surface area contributed by atoms with E-state index in [-0.39, 0.29) is 0 Å². The van der Waals surface area contributed by atoms with Gasteiger partial charge in [-0.05, 0) is 38.6 Å². The van der Waals surface area contributed by atoms with Crippen LogP contribution in [0.25, 0.3) is 0 Å². The largest absolute Gasteiger partial charge is 0.396 e. The van der Waals surface area contributed by atoms with Gasteiger partial charge in [-0.1, -0.05) is 19.3 Å². The number of hydrogen-bond donors (Lipinski definition) is 2. The molecule has 0 bridgehead atoms. The van der Waals surface area contributed by atoms with Gasteiger partial charge in [-0.15, -0.1) is 0 Å². The third kappa shape index (κ3) is 5.28. The van der Waals surface area contributed by atoms with Gasteiger partial charge >= 0.3 is 0 Å². The maximum Gasteiger partial charge on any atom is 0.0431 e. The van der Waals surface area contributed by atoms with Gasteiger partial charge in [-0.2, -0.15) is 0 Å². The Balaban J connectivity index is 2.22. The Morgan fingerprint density at radius 3 is 2.38 bits per heavy atom. The number of hydrogen-bond acceptors (Lipinski definition) is 3. The molecule has 0 atom stereocenters. The summed E-state index contributed by atoms with van der Waals surface area (Å²) < 4.78 is 0. The monoisotopic (exact) mass is 228 g/mol. The number of aliphatic hydroxyl groups is 1. The van der Waals surface area contributed by atoms with Crippen LogP contribution in [0.5, 0.6) is 0 Å². The van der Waals surface area contributed by atoms with E-state index < -0.39 is 0 Å². The summed E-state index contributed by atoms with van der Waals surface area (Å²) in [6.45, 7) is 3.32. The highest BCUT2D eigenvalue weighted by Crippen LogP contribution is 2.22. The first-order chi connectivity index (χ1) is 7.88. The fraction of sp³-hybridized carbons (Fsp3) is 1.00. The van der Waals surface area contributed by atoms with Crippen LogP contribution in [-0.2, 0) is 0 Å². The second kappa shape index (κ2) is 8.97. The molecule has 1 aliphatic carbocycles. The van der Waals surface area contributed by atoms with Gasteiger partial charge in [0.2, 0.25) is 0 Å². The molecule has 3 nitrogen and oxygen atoms in total. The molecule has 1 saturated carbocycles. The summed E-state index contributed by atoms with van der Waals surface area (Å²) >= 11 is 0. The molecule has 96 valence electrons. The summed E-state index contributed by atoms with van der Waals surface area (Å²) in [7, 11) is 0. The molecule has 0 unspecified atom stereocenters. The van der Waals surface area contributed by atoms with E-state index in [0.29, 0.717) is 6.61 Å². The minimum absolute atomic E-state index is 0.334. The highest BCUT2D eigenvalue weighted by Gasteiger charge is 2.19. The molecule has 1 fully saturated rings. The van der Waals surface area contributed by atoms with Gasteiger partial charge in [0.15, 0.2) is 0 Å². The molecule has 16 heavy (non-hydrogen) atoms. The average Bonchev–Trinajstić information content (AvgIpc) is 2.34. The van der Waals surface area contributed by atoms with E-state index in [0.717, 1.165) is 32.0 Å². The van der Waals surface area contributed by atoms with Crippen LogP contribution in [-0.4, -0.2) is 42.3 Å². The van der Waals surface area contributed by atoms with Crippen molar-refractivity contribution < 1.29 is 5.11 Å². The summed E-state index contributed by atoms with van der Waals surface area (Å²) in [5.41, 5.74) is 5.68. The maximum absolute atomic E-state index is 8.75.